The summed E-state index contributed by atoms with van der Waals surface area (Å²) in [4.78, 5) is 175. The number of unbranched alkanes of at least 4 members (excludes halogenated alkanes) is 5. The molecule has 3 unspecified atom stereocenters. The molecule has 43 heteroatoms. The lowest BCUT2D eigenvalue weighted by atomic mass is 9.88. The van der Waals surface area contributed by atoms with Gasteiger partial charge in [0, 0.05) is 27.7 Å². The van der Waals surface area contributed by atoms with Gasteiger partial charge in [-0.3, -0.25) is 24.0 Å². The third kappa shape index (κ3) is 20.5. The number of methoxy groups -OCH3 is 4. The SMILES string of the molecule is CCCCCCCCO[C@]1(C(=O)OC)C[C@@H]2OC(=O)N[C@H]2[C@H]([C@H](OC(C)=O)[C@H](O)COC2(C(=O)OC)C[C@@H]3OC(=O)N[C@H]3[C@H]([C@H](OC(C)=O)[C@H](O)COC3(C(=O)OC)C[C@@H]4OC(=O)N[C@H]4[C@H]([C@H](OC(C)=O)[C@H](O)COC4(C(=O)OC)C[C@@H]5OC(=O)N[C@H]5[C@H]([C@H](OC(C)=O)[C@@H](COCc5ccccc5)OC(=O)CCl)O4)O3)O2)O1. The maximum Gasteiger partial charge on any atom is 0.407 e. The molecule has 0 bridgehead atoms. The van der Waals surface area contributed by atoms with Crippen LogP contribution in [-0.4, -0.2) is 306 Å². The smallest absolute Gasteiger partial charge is 0.407 e. The van der Waals surface area contributed by atoms with Crippen LogP contribution in [0.3, 0.4) is 0 Å². The second kappa shape index (κ2) is 38.4. The van der Waals surface area contributed by atoms with Gasteiger partial charge in [-0.2, -0.15) is 0 Å². The Morgan fingerprint density at radius 2 is 0.759 bits per heavy atom. The number of benzene rings is 1. The van der Waals surface area contributed by atoms with E-state index in [-0.39, 0.29) is 13.2 Å². The number of alkyl halides is 1. The number of ether oxygens (including phenoxy) is 22. The fourth-order valence-electron chi connectivity index (χ4n) is 14.6. The summed E-state index contributed by atoms with van der Waals surface area (Å²) in [6.07, 6.45) is -32.6. The Balaban J connectivity index is 0.986. The highest BCUT2D eigenvalue weighted by molar-refractivity contribution is 6.26. The lowest BCUT2D eigenvalue weighted by Crippen LogP contribution is -2.68. The van der Waals surface area contributed by atoms with Crippen LogP contribution in [0.2, 0.25) is 0 Å². The Kier molecular flexibility index (Phi) is 30.0. The summed E-state index contributed by atoms with van der Waals surface area (Å²) in [6.45, 7) is 1.39. The van der Waals surface area contributed by atoms with E-state index >= 15 is 0 Å². The molecule has 1 aromatic rings. The molecular weight excluding hydrogens is 1530 g/mol. The molecule has 8 saturated heterocycles. The average molecular weight is 1620 g/mol. The number of carbonyl (C=O) groups is 13. The topological polar surface area (TPSA) is 534 Å². The Hall–Kier alpha value is -8.66. The van der Waals surface area contributed by atoms with Crippen molar-refractivity contribution in [3.63, 3.8) is 0 Å². The summed E-state index contributed by atoms with van der Waals surface area (Å²) in [7, 11) is 3.66. The predicted octanol–water partition coefficient (Wildman–Crippen LogP) is -0.869. The van der Waals surface area contributed by atoms with E-state index in [4.69, 9.17) is 116 Å². The monoisotopic (exact) mass is 1620 g/mol. The number of carbonyl (C=O) groups excluding carboxylic acids is 13. The molecular formula is C69H93ClN4O38. The van der Waals surface area contributed by atoms with Crippen LogP contribution in [0.15, 0.2) is 30.3 Å². The lowest BCUT2D eigenvalue weighted by molar-refractivity contribution is -0.330. The predicted molar refractivity (Wildman–Crippen MR) is 360 cm³/mol. The summed E-state index contributed by atoms with van der Waals surface area (Å²) in [5, 5.41) is 47.1. The first-order valence-electron chi connectivity index (χ1n) is 35.9. The second-order valence-electron chi connectivity index (χ2n) is 27.3. The van der Waals surface area contributed by atoms with Crippen molar-refractivity contribution in [2.45, 2.75) is 250 Å². The van der Waals surface area contributed by atoms with Crippen LogP contribution in [0, 0.1) is 0 Å². The minimum atomic E-state index is -2.98. The molecule has 112 heavy (non-hydrogen) atoms. The van der Waals surface area contributed by atoms with Gasteiger partial charge in [0.15, 0.2) is 30.5 Å². The highest BCUT2D eigenvalue weighted by Crippen LogP contribution is 2.45. The molecule has 9 rings (SSSR count). The summed E-state index contributed by atoms with van der Waals surface area (Å²) < 4.78 is 127. The van der Waals surface area contributed by atoms with Gasteiger partial charge in [0.2, 0.25) is 0 Å². The minimum Gasteiger partial charge on any atom is -0.465 e. The maximum atomic E-state index is 14.5. The fraction of sp³-hybridized carbons (Fsp3) is 0.725. The van der Waals surface area contributed by atoms with Gasteiger partial charge < -0.3 is 141 Å². The van der Waals surface area contributed by atoms with Crippen LogP contribution in [0.1, 0.15) is 104 Å². The van der Waals surface area contributed by atoms with Crippen molar-refractivity contribution >= 4 is 89.7 Å². The molecule has 0 aromatic heterocycles. The number of esters is 9. The number of nitrogens with one attached hydrogen (secondary N) is 4. The first-order chi connectivity index (χ1) is 53.3. The van der Waals surface area contributed by atoms with Crippen LogP contribution in [0.25, 0.3) is 0 Å². The number of halogens is 1. The summed E-state index contributed by atoms with van der Waals surface area (Å²) in [5.74, 6) is -22.6. The van der Waals surface area contributed by atoms with E-state index in [1.165, 1.54) is 0 Å². The standard InChI is InChI=1S/C69H93ClN4O38/c1-10-11-12-13-14-18-21-96-66(58(83)91-6)22-40-46(71-62(87)105-40)54(109-66)50(100-32(2)75)37(79)28-97-67(59(84)92-7)23-41-47(72-63(88)106-41)55(110-67)51(101-33(3)76)38(80)29-98-68(60(85)93-8)24-42-48(73-64(89)107-42)56(111-68)52(102-34(4)77)39(81)30-99-69(61(86)94-9)25-43-49(74-65(90)108-43)57(112-69)53(103-35(5)78)44(104-45(82)26-70)31-95-27-36-19-16-15-17-20-36/h15-17,19-20,37-44,46-57,79-81H,10-14,18,21-31H2,1-9H3,(H,71,87)(H,72,88)(H,73,89)(H,74,90)/t37-,38-,39-,40+,41+,42+,43+,44-,46-,47-,48-,49-,50-,51-,52-,53-,54-,55-,56-,57-,66-,67?,68?,69?/m1/s1. The molecule has 8 fully saturated rings. The van der Waals surface area contributed by atoms with Crippen molar-refractivity contribution in [2.24, 2.45) is 0 Å². The Labute approximate surface area is 644 Å². The molecule has 8 aliphatic rings. The van der Waals surface area contributed by atoms with Gasteiger partial charge in [0.05, 0.1) is 118 Å². The maximum absolute atomic E-state index is 14.5. The number of alkyl carbamates (subject to hydrolysis) is 4. The minimum absolute atomic E-state index is 0.0742. The van der Waals surface area contributed by atoms with Gasteiger partial charge in [-0.05, 0) is 12.0 Å². The molecule has 0 aliphatic carbocycles. The molecule has 1 aromatic carbocycles. The van der Waals surface area contributed by atoms with Crippen LogP contribution in [-0.2, 0) is 154 Å². The number of fused-ring (bicyclic) bond motifs is 4. The van der Waals surface area contributed by atoms with Crippen LogP contribution in [0.4, 0.5) is 19.2 Å². The van der Waals surface area contributed by atoms with Crippen molar-refractivity contribution in [2.75, 3.05) is 67.4 Å². The zero-order valence-corrected chi connectivity index (χ0v) is 63.2. The molecule has 24 atom stereocenters. The number of hydrogen-bond donors (Lipinski definition) is 7. The van der Waals surface area contributed by atoms with Gasteiger partial charge in [0.25, 0.3) is 23.1 Å². The Morgan fingerprint density at radius 1 is 0.446 bits per heavy atom. The number of amides is 4. The molecule has 8 heterocycles. The molecule has 0 saturated carbocycles. The van der Waals surface area contributed by atoms with Crippen molar-refractivity contribution in [3.05, 3.63) is 35.9 Å². The molecule has 42 nitrogen and oxygen atoms in total. The summed E-state index contributed by atoms with van der Waals surface area (Å²) in [6, 6.07) is 2.95. The van der Waals surface area contributed by atoms with E-state index < -0.39 is 281 Å². The average Bonchev–Trinajstić information content (AvgIpc) is 1.50. The Morgan fingerprint density at radius 3 is 1.08 bits per heavy atom. The lowest BCUT2D eigenvalue weighted by Gasteiger charge is -2.47. The van der Waals surface area contributed by atoms with E-state index in [1.807, 2.05) is 0 Å². The van der Waals surface area contributed by atoms with Gasteiger partial charge in [-0.25, -0.2) is 38.4 Å². The third-order valence-corrected chi connectivity index (χ3v) is 19.7. The summed E-state index contributed by atoms with van der Waals surface area (Å²) in [5.41, 5.74) is 0.657. The molecule has 4 amide bonds. The van der Waals surface area contributed by atoms with Gasteiger partial charge >= 0.3 is 78.1 Å². The largest absolute Gasteiger partial charge is 0.465 e. The third-order valence-electron chi connectivity index (χ3n) is 19.4. The van der Waals surface area contributed by atoms with Crippen molar-refractivity contribution in [1.29, 1.82) is 0 Å². The first-order valence-corrected chi connectivity index (χ1v) is 36.4. The summed E-state index contributed by atoms with van der Waals surface area (Å²) >= 11 is 5.87. The number of aliphatic hydroxyl groups excluding tert-OH is 3. The first kappa shape index (κ1) is 87.3. The highest BCUT2D eigenvalue weighted by atomic mass is 35.5. The van der Waals surface area contributed by atoms with E-state index in [0.29, 0.717) is 18.4 Å². The number of hydrogen-bond acceptors (Lipinski definition) is 38. The van der Waals surface area contributed by atoms with E-state index in [2.05, 4.69) is 28.2 Å². The van der Waals surface area contributed by atoms with E-state index in [9.17, 15) is 77.6 Å². The molecule has 8 aliphatic heterocycles. The molecule has 624 valence electrons. The van der Waals surface area contributed by atoms with E-state index in [0.717, 1.165) is 81.8 Å². The fourth-order valence-corrected chi connectivity index (χ4v) is 14.6. The van der Waals surface area contributed by atoms with Gasteiger partial charge in [0.1, 0.15) is 73.0 Å². The van der Waals surface area contributed by atoms with Gasteiger partial charge in [-0.1, -0.05) is 69.4 Å². The zero-order valence-electron chi connectivity index (χ0n) is 62.5. The van der Waals surface area contributed by atoms with Crippen molar-refractivity contribution in [3.8, 4) is 0 Å². The van der Waals surface area contributed by atoms with Gasteiger partial charge in [-0.15, -0.1) is 11.6 Å². The quantitative estimate of drug-likeness (QED) is 0.0182. The Bertz CT molecular complexity index is 3550. The molecule has 7 N–H and O–H groups in total. The van der Waals surface area contributed by atoms with Crippen LogP contribution >= 0.6 is 11.6 Å². The second-order valence-corrected chi connectivity index (χ2v) is 27.6. The van der Waals surface area contributed by atoms with Crippen LogP contribution in [0.5, 0.6) is 0 Å². The number of aliphatic hydroxyl groups is 3. The highest BCUT2D eigenvalue weighted by Gasteiger charge is 2.67. The zero-order chi connectivity index (χ0) is 81.6. The molecule has 0 radical (unpaired) electrons. The van der Waals surface area contributed by atoms with Crippen molar-refractivity contribution in [1.82, 2.24) is 21.3 Å². The van der Waals surface area contributed by atoms with Crippen LogP contribution < -0.4 is 21.3 Å². The van der Waals surface area contributed by atoms with Crippen molar-refractivity contribution < 1.29 is 182 Å². The normalized spacial score (nSPS) is 31.5. The number of rotatable bonds is 39. The molecule has 0 spiro atoms. The van der Waals surface area contributed by atoms with E-state index in [1.54, 1.807) is 30.3 Å².